The van der Waals surface area contributed by atoms with Crippen molar-refractivity contribution in [3.8, 4) is 11.5 Å². The molecule has 0 radical (unpaired) electrons. The summed E-state index contributed by atoms with van der Waals surface area (Å²) in [5.41, 5.74) is 0.0376. The van der Waals surface area contributed by atoms with Crippen molar-refractivity contribution in [3.63, 3.8) is 0 Å². The number of halogens is 1. The average molecular weight is 397 g/mol. The molecule has 3 rings (SSSR count). The molecule has 0 amide bonds. The van der Waals surface area contributed by atoms with Crippen molar-refractivity contribution in [1.29, 1.82) is 0 Å². The molecule has 0 aromatic heterocycles. The summed E-state index contributed by atoms with van der Waals surface area (Å²) in [7, 11) is 1.51. The van der Waals surface area contributed by atoms with Crippen molar-refractivity contribution in [2.45, 2.75) is 44.2 Å². The van der Waals surface area contributed by atoms with Crippen LogP contribution in [-0.2, 0) is 20.6 Å². The second-order valence-corrected chi connectivity index (χ2v) is 6.96. The Morgan fingerprint density at radius 3 is 2.70 bits per heavy atom. The Labute approximate surface area is 161 Å². The van der Waals surface area contributed by atoms with E-state index in [1.165, 1.54) is 7.11 Å². The van der Waals surface area contributed by atoms with E-state index in [0.29, 0.717) is 5.76 Å². The highest BCUT2D eigenvalue weighted by Crippen LogP contribution is 2.39. The number of carbonyl (C=O) groups is 1. The Balaban J connectivity index is 2.13. The zero-order valence-electron chi connectivity index (χ0n) is 14.9. The smallest absolute Gasteiger partial charge is 0.342 e. The van der Waals surface area contributed by atoms with E-state index >= 15 is 0 Å². The molecule has 1 aromatic carbocycles. The lowest BCUT2D eigenvalue weighted by Crippen LogP contribution is -2.41. The van der Waals surface area contributed by atoms with E-state index in [2.05, 4.69) is 0 Å². The summed E-state index contributed by atoms with van der Waals surface area (Å²) >= 11 is 6.20. The SMILES string of the molecule is CO[C@@H]1C=CC=C2Cc3c(Cl)c(O)cc(O)c3C(=O)O[C@H](C)C[C@@H](O)[C@H]1O2. The van der Waals surface area contributed by atoms with E-state index in [9.17, 15) is 20.1 Å². The maximum Gasteiger partial charge on any atom is 0.342 e. The van der Waals surface area contributed by atoms with Gasteiger partial charge in [0.05, 0.1) is 11.1 Å². The van der Waals surface area contributed by atoms with Gasteiger partial charge in [0, 0.05) is 31.6 Å². The minimum absolute atomic E-state index is 0.00357. The first-order valence-electron chi connectivity index (χ1n) is 8.51. The highest BCUT2D eigenvalue weighted by molar-refractivity contribution is 6.33. The fraction of sp³-hybridized carbons (Fsp3) is 0.421. The van der Waals surface area contributed by atoms with Crippen LogP contribution in [0.1, 0.15) is 29.3 Å². The van der Waals surface area contributed by atoms with E-state index in [4.69, 9.17) is 25.8 Å². The Kier molecular flexibility index (Phi) is 5.64. The van der Waals surface area contributed by atoms with Crippen LogP contribution in [0.15, 0.2) is 30.1 Å². The van der Waals surface area contributed by atoms with Gasteiger partial charge in [-0.05, 0) is 13.0 Å². The minimum atomic E-state index is -0.970. The van der Waals surface area contributed by atoms with E-state index < -0.39 is 36.1 Å². The zero-order chi connectivity index (χ0) is 19.7. The molecule has 0 fully saturated rings. The molecule has 0 aliphatic carbocycles. The normalized spacial score (nSPS) is 28.1. The lowest BCUT2D eigenvalue weighted by molar-refractivity contribution is -0.0838. The molecule has 0 unspecified atom stereocenters. The fourth-order valence-electron chi connectivity index (χ4n) is 3.29. The molecule has 0 spiro atoms. The molecule has 7 nitrogen and oxygen atoms in total. The predicted molar refractivity (Wildman–Crippen MR) is 96.9 cm³/mol. The minimum Gasteiger partial charge on any atom is -0.507 e. The first-order valence-corrected chi connectivity index (χ1v) is 8.88. The summed E-state index contributed by atoms with van der Waals surface area (Å²) < 4.78 is 16.7. The molecule has 2 bridgehead atoms. The summed E-state index contributed by atoms with van der Waals surface area (Å²) in [4.78, 5) is 12.6. The van der Waals surface area contributed by atoms with Crippen LogP contribution < -0.4 is 0 Å². The van der Waals surface area contributed by atoms with Gasteiger partial charge in [0.15, 0.2) is 6.10 Å². The third-order valence-corrected chi connectivity index (χ3v) is 5.03. The van der Waals surface area contributed by atoms with Crippen LogP contribution in [0.25, 0.3) is 0 Å². The molecule has 3 N–H and O–H groups in total. The van der Waals surface area contributed by atoms with E-state index in [-0.39, 0.29) is 34.7 Å². The van der Waals surface area contributed by atoms with Gasteiger partial charge < -0.3 is 29.5 Å². The number of hydrogen-bond acceptors (Lipinski definition) is 7. The first-order chi connectivity index (χ1) is 12.8. The number of benzene rings is 1. The van der Waals surface area contributed by atoms with Crippen molar-refractivity contribution in [2.75, 3.05) is 7.11 Å². The summed E-state index contributed by atoms with van der Waals surface area (Å²) in [5.74, 6) is -1.21. The predicted octanol–water partition coefficient (Wildman–Crippen LogP) is 2.46. The molecule has 4 atom stereocenters. The quantitative estimate of drug-likeness (QED) is 0.626. The topological polar surface area (TPSA) is 105 Å². The van der Waals surface area contributed by atoms with Gasteiger partial charge in [-0.25, -0.2) is 4.79 Å². The number of aromatic hydroxyl groups is 2. The van der Waals surface area contributed by atoms with Crippen molar-refractivity contribution in [2.24, 2.45) is 0 Å². The number of fused-ring (bicyclic) bond motifs is 3. The monoisotopic (exact) mass is 396 g/mol. The van der Waals surface area contributed by atoms with Crippen molar-refractivity contribution >= 4 is 17.6 Å². The molecule has 8 heteroatoms. The number of cyclic esters (lactones) is 1. The number of ether oxygens (including phenoxy) is 3. The second-order valence-electron chi connectivity index (χ2n) is 6.58. The van der Waals surface area contributed by atoms with Crippen LogP contribution >= 0.6 is 11.6 Å². The molecule has 2 heterocycles. The Hall–Kier alpha value is -2.22. The molecule has 1 aromatic rings. The van der Waals surface area contributed by atoms with Crippen LogP contribution in [0.3, 0.4) is 0 Å². The van der Waals surface area contributed by atoms with Gasteiger partial charge in [0.1, 0.15) is 35.0 Å². The molecule has 2 aliphatic rings. The van der Waals surface area contributed by atoms with Gasteiger partial charge in [-0.1, -0.05) is 23.8 Å². The molecule has 146 valence electrons. The molecular weight excluding hydrogens is 376 g/mol. The Morgan fingerprint density at radius 1 is 1.26 bits per heavy atom. The number of aliphatic hydroxyl groups is 1. The van der Waals surface area contributed by atoms with Gasteiger partial charge in [-0.3, -0.25) is 0 Å². The highest BCUT2D eigenvalue weighted by Gasteiger charge is 2.35. The average Bonchev–Trinajstić information content (AvgIpc) is 2.81. The number of aliphatic hydroxyl groups excluding tert-OH is 1. The number of esters is 1. The lowest BCUT2D eigenvalue weighted by atomic mass is 10.0. The number of phenolic OH excluding ortho intramolecular Hbond substituents is 2. The van der Waals surface area contributed by atoms with E-state index in [1.54, 1.807) is 25.2 Å². The summed E-state index contributed by atoms with van der Waals surface area (Å²) in [5, 5.41) is 30.7. The lowest BCUT2D eigenvalue weighted by Gasteiger charge is -2.29. The number of allylic oxidation sites excluding steroid dienone is 3. The molecule has 0 saturated heterocycles. The van der Waals surface area contributed by atoms with Crippen molar-refractivity contribution in [3.05, 3.63) is 46.2 Å². The number of phenols is 2. The van der Waals surface area contributed by atoms with Crippen molar-refractivity contribution < 1.29 is 34.3 Å². The molecular formula is C19H21ClO7. The standard InChI is InChI=1S/C19H21ClO7/c1-9-6-14(23)18-15(25-2)5-3-4-10(27-18)7-11-16(19(24)26-9)12(21)8-13(22)17(11)20/h3-5,8-9,14-15,18,21-23H,6-7H2,1-2H3/t9-,14-,15-,18-/m1/s1. The van der Waals surface area contributed by atoms with Gasteiger partial charge in [-0.15, -0.1) is 0 Å². The van der Waals surface area contributed by atoms with E-state index in [0.717, 1.165) is 6.07 Å². The summed E-state index contributed by atoms with van der Waals surface area (Å²) in [6.07, 6.45) is 2.38. The highest BCUT2D eigenvalue weighted by atomic mass is 35.5. The van der Waals surface area contributed by atoms with Crippen LogP contribution in [0.5, 0.6) is 11.5 Å². The van der Waals surface area contributed by atoms with Crippen LogP contribution in [-0.4, -0.2) is 52.8 Å². The largest absolute Gasteiger partial charge is 0.507 e. The fourth-order valence-corrected chi connectivity index (χ4v) is 3.51. The Bertz CT molecular complexity index is 802. The molecule has 2 aliphatic heterocycles. The van der Waals surface area contributed by atoms with Crippen LogP contribution in [0.4, 0.5) is 0 Å². The zero-order valence-corrected chi connectivity index (χ0v) is 15.6. The maximum atomic E-state index is 12.6. The summed E-state index contributed by atoms with van der Waals surface area (Å²) in [6.45, 7) is 1.63. The van der Waals surface area contributed by atoms with Gasteiger partial charge in [0.25, 0.3) is 0 Å². The number of hydrogen-bond donors (Lipinski definition) is 3. The summed E-state index contributed by atoms with van der Waals surface area (Å²) in [6, 6.07) is 0.994. The van der Waals surface area contributed by atoms with Gasteiger partial charge in [-0.2, -0.15) is 0 Å². The van der Waals surface area contributed by atoms with Gasteiger partial charge >= 0.3 is 5.97 Å². The maximum absolute atomic E-state index is 12.6. The van der Waals surface area contributed by atoms with Crippen LogP contribution in [0.2, 0.25) is 5.02 Å². The van der Waals surface area contributed by atoms with Gasteiger partial charge in [0.2, 0.25) is 0 Å². The third-order valence-electron chi connectivity index (χ3n) is 4.60. The first kappa shape index (κ1) is 19.5. The Morgan fingerprint density at radius 2 is 2.00 bits per heavy atom. The number of rotatable bonds is 1. The van der Waals surface area contributed by atoms with Crippen LogP contribution in [0, 0.1) is 0 Å². The van der Waals surface area contributed by atoms with E-state index in [1.807, 2.05) is 0 Å². The molecule has 27 heavy (non-hydrogen) atoms. The second kappa shape index (κ2) is 7.80. The third kappa shape index (κ3) is 3.90. The molecule has 0 saturated carbocycles. The van der Waals surface area contributed by atoms with Crippen molar-refractivity contribution in [1.82, 2.24) is 0 Å². The number of carbonyl (C=O) groups excluding carboxylic acids is 1. The number of methoxy groups -OCH3 is 1.